The lowest BCUT2D eigenvalue weighted by Gasteiger charge is -2.59. The number of alkyl halides is 1. The topological polar surface area (TPSA) is 69.9 Å². The van der Waals surface area contributed by atoms with Crippen molar-refractivity contribution in [1.29, 1.82) is 0 Å². The Morgan fingerprint density at radius 2 is 2.00 bits per heavy atom. The van der Waals surface area contributed by atoms with E-state index in [4.69, 9.17) is 0 Å². The Labute approximate surface area is 148 Å². The van der Waals surface area contributed by atoms with Gasteiger partial charge >= 0.3 is 0 Å². The summed E-state index contributed by atoms with van der Waals surface area (Å²) in [5, 5.41) is 23.3. The molecule has 0 aliphatic heterocycles. The number of oxime groups is 1. The second-order valence-electron chi connectivity index (χ2n) is 9.46. The fraction of sp³-hybridized carbons (Fsp3) is 0.800. The maximum Gasteiger partial charge on any atom is 0.203 e. The number of carbonyl (C=O) groups is 1. The van der Waals surface area contributed by atoms with Gasteiger partial charge in [0.15, 0.2) is 0 Å². The van der Waals surface area contributed by atoms with E-state index < -0.39 is 17.2 Å². The van der Waals surface area contributed by atoms with Gasteiger partial charge in [0.25, 0.3) is 0 Å². The van der Waals surface area contributed by atoms with Crippen LogP contribution in [0.15, 0.2) is 16.8 Å². The van der Waals surface area contributed by atoms with E-state index >= 15 is 4.39 Å². The van der Waals surface area contributed by atoms with Crippen LogP contribution in [0.1, 0.15) is 59.3 Å². The van der Waals surface area contributed by atoms with Crippen molar-refractivity contribution in [2.45, 2.75) is 71.1 Å². The van der Waals surface area contributed by atoms with Crippen LogP contribution in [0.2, 0.25) is 0 Å². The van der Waals surface area contributed by atoms with Crippen LogP contribution in [0.3, 0.4) is 0 Å². The number of nitrogens with zero attached hydrogens (tertiary/aromatic N) is 1. The van der Waals surface area contributed by atoms with Crippen molar-refractivity contribution in [3.8, 4) is 0 Å². The number of rotatable bonds is 0. The van der Waals surface area contributed by atoms with E-state index in [1.54, 1.807) is 6.08 Å². The zero-order valence-electron chi connectivity index (χ0n) is 15.3. The van der Waals surface area contributed by atoms with E-state index in [9.17, 15) is 15.1 Å². The summed E-state index contributed by atoms with van der Waals surface area (Å²) < 4.78 is 15.6. The molecule has 0 aromatic rings. The van der Waals surface area contributed by atoms with Crippen LogP contribution >= 0.6 is 0 Å². The molecule has 4 rings (SSSR count). The number of hydrogen-bond acceptors (Lipinski definition) is 4. The number of aliphatic hydroxyl groups is 1. The highest BCUT2D eigenvalue weighted by molar-refractivity contribution is 6.44. The van der Waals surface area contributed by atoms with Gasteiger partial charge in [0.05, 0.1) is 5.60 Å². The third-order valence-corrected chi connectivity index (χ3v) is 8.44. The van der Waals surface area contributed by atoms with Gasteiger partial charge in [-0.1, -0.05) is 24.6 Å². The van der Waals surface area contributed by atoms with Crippen LogP contribution < -0.4 is 0 Å². The summed E-state index contributed by atoms with van der Waals surface area (Å²) in [5.74, 6) is 0.0978. The molecule has 2 N–H and O–H groups in total. The molecule has 0 amide bonds. The molecule has 0 heterocycles. The monoisotopic (exact) mass is 349 g/mol. The standard InChI is InChI=1S/C20H28FNO3/c1-18-10-15(22-25)16(23)8-11(18)4-5-12-13-6-7-20(3,24)19(13,2)9-14(21)17(12)18/h8,12-14,17,24-25H,4-7,9-10H2,1-3H3/t12-,13-,14-,17+,18-,19-,20-/m0/s1. The van der Waals surface area contributed by atoms with E-state index in [-0.39, 0.29) is 28.7 Å². The molecule has 4 aliphatic rings. The van der Waals surface area contributed by atoms with Gasteiger partial charge < -0.3 is 10.3 Å². The molecule has 5 heteroatoms. The lowest BCUT2D eigenvalue weighted by Crippen LogP contribution is -2.58. The van der Waals surface area contributed by atoms with Crippen molar-refractivity contribution in [3.63, 3.8) is 0 Å². The van der Waals surface area contributed by atoms with Gasteiger partial charge in [-0.15, -0.1) is 0 Å². The van der Waals surface area contributed by atoms with Crippen LogP contribution in [0, 0.1) is 28.6 Å². The summed E-state index contributed by atoms with van der Waals surface area (Å²) in [5.41, 5.74) is -0.505. The number of fused-ring (bicyclic) bond motifs is 5. The molecule has 3 saturated carbocycles. The number of hydrogen-bond donors (Lipinski definition) is 2. The van der Waals surface area contributed by atoms with Crippen molar-refractivity contribution in [2.24, 2.45) is 33.7 Å². The fourth-order valence-corrected chi connectivity index (χ4v) is 6.85. The molecule has 4 nitrogen and oxygen atoms in total. The van der Waals surface area contributed by atoms with Crippen LogP contribution in [0.4, 0.5) is 4.39 Å². The van der Waals surface area contributed by atoms with Gasteiger partial charge in [0.2, 0.25) is 5.78 Å². The summed E-state index contributed by atoms with van der Waals surface area (Å²) in [4.78, 5) is 12.1. The molecule has 4 aliphatic carbocycles. The zero-order chi connectivity index (χ0) is 18.2. The predicted octanol–water partition coefficient (Wildman–Crippen LogP) is 3.66. The van der Waals surface area contributed by atoms with E-state index in [2.05, 4.69) is 12.1 Å². The van der Waals surface area contributed by atoms with Crippen LogP contribution in [0.5, 0.6) is 0 Å². The van der Waals surface area contributed by atoms with Crippen LogP contribution in [-0.4, -0.2) is 33.6 Å². The molecule has 138 valence electrons. The minimum atomic E-state index is -1.02. The maximum absolute atomic E-state index is 15.6. The highest BCUT2D eigenvalue weighted by atomic mass is 19.1. The minimum absolute atomic E-state index is 0.144. The number of halogens is 1. The SMILES string of the molecule is C[C@]12CC(=NO)C(=O)C=C1CC[C@@H]1[C@@H]2[C@@H](F)C[C@@]2(C)[C@H]1CC[C@]2(C)O. The molecule has 0 aromatic carbocycles. The fourth-order valence-electron chi connectivity index (χ4n) is 6.85. The van der Waals surface area contributed by atoms with Gasteiger partial charge in [-0.3, -0.25) is 4.79 Å². The Bertz CT molecular complexity index is 684. The number of ketones is 1. The molecule has 0 aromatic heterocycles. The van der Waals surface area contributed by atoms with Crippen LogP contribution in [-0.2, 0) is 4.79 Å². The van der Waals surface area contributed by atoms with Crippen molar-refractivity contribution in [3.05, 3.63) is 11.6 Å². The molecule has 0 unspecified atom stereocenters. The van der Waals surface area contributed by atoms with Crippen molar-refractivity contribution >= 4 is 11.5 Å². The normalized spacial score (nSPS) is 53.9. The van der Waals surface area contributed by atoms with E-state index in [1.165, 1.54) is 0 Å². The van der Waals surface area contributed by atoms with Gasteiger partial charge in [-0.05, 0) is 56.9 Å². The first kappa shape index (κ1) is 17.2. The molecular formula is C20H28FNO3. The van der Waals surface area contributed by atoms with Gasteiger partial charge in [0.1, 0.15) is 11.9 Å². The molecule has 0 spiro atoms. The maximum atomic E-state index is 15.6. The van der Waals surface area contributed by atoms with E-state index in [0.717, 1.165) is 31.3 Å². The van der Waals surface area contributed by atoms with E-state index in [0.29, 0.717) is 18.8 Å². The average molecular weight is 349 g/mol. The Morgan fingerprint density at radius 1 is 1.28 bits per heavy atom. The molecule has 3 fully saturated rings. The zero-order valence-corrected chi connectivity index (χ0v) is 15.3. The Morgan fingerprint density at radius 3 is 2.68 bits per heavy atom. The lowest BCUT2D eigenvalue weighted by molar-refractivity contribution is -0.145. The third-order valence-electron chi connectivity index (χ3n) is 8.44. The molecule has 25 heavy (non-hydrogen) atoms. The summed E-state index contributed by atoms with van der Waals surface area (Å²) in [6.45, 7) is 5.97. The predicted molar refractivity (Wildman–Crippen MR) is 92.2 cm³/mol. The first-order chi connectivity index (χ1) is 11.6. The van der Waals surface area contributed by atoms with E-state index in [1.807, 2.05) is 13.8 Å². The third kappa shape index (κ3) is 2.08. The van der Waals surface area contributed by atoms with Crippen molar-refractivity contribution < 1.29 is 19.5 Å². The Hall–Kier alpha value is -1.23. The largest absolute Gasteiger partial charge is 0.411 e. The van der Waals surface area contributed by atoms with Crippen molar-refractivity contribution in [1.82, 2.24) is 0 Å². The smallest absolute Gasteiger partial charge is 0.203 e. The second-order valence-corrected chi connectivity index (χ2v) is 9.46. The molecule has 7 atom stereocenters. The molecule has 0 radical (unpaired) electrons. The van der Waals surface area contributed by atoms with Crippen LogP contribution in [0.25, 0.3) is 0 Å². The Kier molecular flexibility index (Phi) is 3.54. The van der Waals surface area contributed by atoms with Gasteiger partial charge in [-0.25, -0.2) is 4.39 Å². The molecule has 0 saturated heterocycles. The highest BCUT2D eigenvalue weighted by Gasteiger charge is 2.65. The van der Waals surface area contributed by atoms with Crippen molar-refractivity contribution in [2.75, 3.05) is 0 Å². The molecular weight excluding hydrogens is 321 g/mol. The number of allylic oxidation sites excluding steroid dienone is 1. The average Bonchev–Trinajstić information content (AvgIpc) is 2.76. The lowest BCUT2D eigenvalue weighted by atomic mass is 9.46. The number of carbonyl (C=O) groups excluding carboxylic acids is 1. The quantitative estimate of drug-likeness (QED) is 0.518. The Balaban J connectivity index is 1.77. The van der Waals surface area contributed by atoms with Gasteiger partial charge in [0, 0.05) is 23.2 Å². The minimum Gasteiger partial charge on any atom is -0.411 e. The second kappa shape index (κ2) is 5.15. The highest BCUT2D eigenvalue weighted by Crippen LogP contribution is 2.67. The first-order valence-corrected chi connectivity index (χ1v) is 9.47. The summed E-state index contributed by atoms with van der Waals surface area (Å²) in [6, 6.07) is 0. The summed E-state index contributed by atoms with van der Waals surface area (Å²) in [6.07, 6.45) is 4.59. The van der Waals surface area contributed by atoms with Gasteiger partial charge in [-0.2, -0.15) is 0 Å². The summed E-state index contributed by atoms with van der Waals surface area (Å²) >= 11 is 0. The summed E-state index contributed by atoms with van der Waals surface area (Å²) in [7, 11) is 0. The molecule has 0 bridgehead atoms. The first-order valence-electron chi connectivity index (χ1n) is 9.47.